The van der Waals surface area contributed by atoms with Gasteiger partial charge < -0.3 is 5.73 Å². The van der Waals surface area contributed by atoms with Crippen LogP contribution in [-0.4, -0.2) is 9.83 Å². The second-order valence-corrected chi connectivity index (χ2v) is 2.76. The molecule has 0 amide bonds. The van der Waals surface area contributed by atoms with Gasteiger partial charge >= 0.3 is 0 Å². The highest BCUT2D eigenvalue weighted by Gasteiger charge is 2.05. The van der Waals surface area contributed by atoms with Crippen molar-refractivity contribution in [2.75, 3.05) is 0 Å². The van der Waals surface area contributed by atoms with Crippen LogP contribution in [0.4, 0.5) is 0 Å². The molecule has 0 heterocycles. The zero-order valence-corrected chi connectivity index (χ0v) is 7.01. The van der Waals surface area contributed by atoms with Crippen LogP contribution in [0.5, 0.6) is 0 Å². The molecule has 0 fully saturated rings. The lowest BCUT2D eigenvalue weighted by Crippen LogP contribution is -2.25. The Morgan fingerprint density at radius 2 is 2.38 bits per heavy atom. The largest absolute Gasteiger partial charge is 0.321 e. The SMILES string of the molecule is CCCC(N)C(=O)I. The Bertz CT molecular complexity index is 84.5. The average molecular weight is 227 g/mol. The molecule has 1 unspecified atom stereocenters. The van der Waals surface area contributed by atoms with Crippen molar-refractivity contribution >= 4 is 26.4 Å². The molecule has 2 nitrogen and oxygen atoms in total. The van der Waals surface area contributed by atoms with Gasteiger partial charge in [-0.15, -0.1) is 0 Å². The Labute approximate surface area is 63.0 Å². The van der Waals surface area contributed by atoms with Gasteiger partial charge in [-0.3, -0.25) is 4.79 Å². The quantitative estimate of drug-likeness (QED) is 0.579. The van der Waals surface area contributed by atoms with Gasteiger partial charge in [0.1, 0.15) is 0 Å². The van der Waals surface area contributed by atoms with E-state index in [1.807, 2.05) is 6.92 Å². The van der Waals surface area contributed by atoms with E-state index in [2.05, 4.69) is 0 Å². The van der Waals surface area contributed by atoms with Crippen LogP contribution in [0.2, 0.25) is 0 Å². The van der Waals surface area contributed by atoms with E-state index >= 15 is 0 Å². The molecule has 1 atom stereocenters. The third kappa shape index (κ3) is 3.37. The van der Waals surface area contributed by atoms with E-state index in [4.69, 9.17) is 5.73 Å². The Kier molecular flexibility index (Phi) is 4.45. The second-order valence-electron chi connectivity index (χ2n) is 1.70. The van der Waals surface area contributed by atoms with E-state index in [1.54, 1.807) is 22.6 Å². The molecule has 0 rings (SSSR count). The first-order valence-corrected chi connectivity index (χ1v) is 3.71. The normalized spacial score (nSPS) is 13.4. The van der Waals surface area contributed by atoms with Crippen LogP contribution in [0.15, 0.2) is 0 Å². The molecule has 0 aliphatic carbocycles. The highest BCUT2D eigenvalue weighted by Crippen LogP contribution is 1.98. The van der Waals surface area contributed by atoms with E-state index < -0.39 is 0 Å². The van der Waals surface area contributed by atoms with E-state index in [1.165, 1.54) is 0 Å². The number of rotatable bonds is 3. The molecular weight excluding hydrogens is 217 g/mol. The molecule has 0 saturated heterocycles. The average Bonchev–Trinajstić information content (AvgIpc) is 1.67. The van der Waals surface area contributed by atoms with Crippen LogP contribution in [0.1, 0.15) is 19.8 Å². The van der Waals surface area contributed by atoms with Crippen molar-refractivity contribution < 1.29 is 4.79 Å². The van der Waals surface area contributed by atoms with Crippen LogP contribution >= 0.6 is 22.6 Å². The fourth-order valence-electron chi connectivity index (χ4n) is 0.424. The Balaban J connectivity index is 3.32. The summed E-state index contributed by atoms with van der Waals surface area (Å²) in [6, 6.07) is -0.236. The first-order chi connectivity index (χ1) is 3.68. The zero-order chi connectivity index (χ0) is 6.57. The lowest BCUT2D eigenvalue weighted by atomic mass is 10.2. The van der Waals surface area contributed by atoms with Crippen molar-refractivity contribution in [3.8, 4) is 0 Å². The van der Waals surface area contributed by atoms with Gasteiger partial charge in [0, 0.05) is 22.6 Å². The van der Waals surface area contributed by atoms with Gasteiger partial charge in [0.15, 0.2) is 0 Å². The molecule has 3 heteroatoms. The number of carbonyl (C=O) groups excluding carboxylic acids is 1. The van der Waals surface area contributed by atoms with E-state index in [0.717, 1.165) is 12.8 Å². The summed E-state index contributed by atoms with van der Waals surface area (Å²) in [4.78, 5) is 10.4. The number of nitrogens with two attached hydrogens (primary N) is 1. The van der Waals surface area contributed by atoms with Gasteiger partial charge in [-0.05, 0) is 6.42 Å². The van der Waals surface area contributed by atoms with Gasteiger partial charge in [0.25, 0.3) is 0 Å². The maximum atomic E-state index is 10.4. The molecule has 0 radical (unpaired) electrons. The van der Waals surface area contributed by atoms with Crippen molar-refractivity contribution in [2.45, 2.75) is 25.8 Å². The van der Waals surface area contributed by atoms with Crippen LogP contribution in [0, 0.1) is 0 Å². The van der Waals surface area contributed by atoms with E-state index in [0.29, 0.717) is 0 Å². The Hall–Kier alpha value is 0.360. The molecule has 0 aromatic rings. The molecular formula is C5H10INO. The molecule has 0 saturated carbocycles. The molecule has 2 N–H and O–H groups in total. The summed E-state index contributed by atoms with van der Waals surface area (Å²) >= 11 is 1.73. The van der Waals surface area contributed by atoms with Crippen LogP contribution in [0.25, 0.3) is 0 Å². The van der Waals surface area contributed by atoms with Crippen molar-refractivity contribution in [1.29, 1.82) is 0 Å². The maximum absolute atomic E-state index is 10.4. The van der Waals surface area contributed by atoms with Gasteiger partial charge in [-0.2, -0.15) is 0 Å². The first-order valence-electron chi connectivity index (χ1n) is 2.63. The Morgan fingerprint density at radius 1 is 1.88 bits per heavy atom. The molecule has 0 aromatic carbocycles. The van der Waals surface area contributed by atoms with Gasteiger partial charge in [-0.1, -0.05) is 13.3 Å². The monoisotopic (exact) mass is 227 g/mol. The van der Waals surface area contributed by atoms with Crippen LogP contribution in [-0.2, 0) is 4.79 Å². The van der Waals surface area contributed by atoms with Gasteiger partial charge in [-0.25, -0.2) is 0 Å². The maximum Gasteiger partial charge on any atom is 0.208 e. The third-order valence-corrected chi connectivity index (χ3v) is 1.69. The predicted molar refractivity (Wildman–Crippen MR) is 41.9 cm³/mol. The smallest absolute Gasteiger partial charge is 0.208 e. The van der Waals surface area contributed by atoms with E-state index in [9.17, 15) is 4.79 Å². The molecule has 0 spiro atoms. The molecule has 8 heavy (non-hydrogen) atoms. The number of carbonyl (C=O) groups is 1. The summed E-state index contributed by atoms with van der Waals surface area (Å²) in [6.07, 6.45) is 1.79. The lowest BCUT2D eigenvalue weighted by Gasteiger charge is -2.00. The summed E-state index contributed by atoms with van der Waals surface area (Å²) in [5.41, 5.74) is 5.37. The lowest BCUT2D eigenvalue weighted by molar-refractivity contribution is -0.110. The number of hydrogen-bond donors (Lipinski definition) is 1. The summed E-state index contributed by atoms with van der Waals surface area (Å²) in [7, 11) is 0. The molecule has 48 valence electrons. The second kappa shape index (κ2) is 4.26. The highest BCUT2D eigenvalue weighted by molar-refractivity contribution is 14.1. The molecule has 0 aromatic heterocycles. The minimum atomic E-state index is -0.236. The fraction of sp³-hybridized carbons (Fsp3) is 0.800. The molecule has 0 aliphatic rings. The third-order valence-electron chi connectivity index (χ3n) is 0.891. The molecule has 0 aliphatic heterocycles. The van der Waals surface area contributed by atoms with Crippen LogP contribution in [0.3, 0.4) is 0 Å². The van der Waals surface area contributed by atoms with Crippen molar-refractivity contribution in [1.82, 2.24) is 0 Å². The van der Waals surface area contributed by atoms with Gasteiger partial charge in [0.2, 0.25) is 3.79 Å². The van der Waals surface area contributed by atoms with Crippen LogP contribution < -0.4 is 5.73 Å². The van der Waals surface area contributed by atoms with Crippen molar-refractivity contribution in [2.24, 2.45) is 5.73 Å². The van der Waals surface area contributed by atoms with Gasteiger partial charge in [0.05, 0.1) is 6.04 Å². The summed E-state index contributed by atoms with van der Waals surface area (Å²) in [6.45, 7) is 2.01. The minimum Gasteiger partial charge on any atom is -0.321 e. The van der Waals surface area contributed by atoms with E-state index in [-0.39, 0.29) is 9.83 Å². The predicted octanol–water partition coefficient (Wildman–Crippen LogP) is 1.08. The summed E-state index contributed by atoms with van der Waals surface area (Å²) in [5.74, 6) is 0. The summed E-state index contributed by atoms with van der Waals surface area (Å²) in [5, 5.41) is 0. The highest BCUT2D eigenvalue weighted by atomic mass is 127. The number of halogens is 1. The number of hydrogen-bond acceptors (Lipinski definition) is 2. The topological polar surface area (TPSA) is 43.1 Å². The summed E-state index contributed by atoms with van der Waals surface area (Å²) < 4.78 is 0.0597. The fourth-order valence-corrected chi connectivity index (χ4v) is 0.736. The minimum absolute atomic E-state index is 0.0597. The molecule has 0 bridgehead atoms. The Morgan fingerprint density at radius 3 is 2.50 bits per heavy atom. The van der Waals surface area contributed by atoms with Crippen molar-refractivity contribution in [3.63, 3.8) is 0 Å². The first kappa shape index (κ1) is 8.36. The standard InChI is InChI=1S/C5H10INO/c1-2-3-4(7)5(6)8/h4H,2-3,7H2,1H3. The zero-order valence-electron chi connectivity index (χ0n) is 4.86. The van der Waals surface area contributed by atoms with Crippen molar-refractivity contribution in [3.05, 3.63) is 0 Å².